The lowest BCUT2D eigenvalue weighted by Crippen LogP contribution is -2.03. The number of aromatic hydroxyl groups is 11. The number of benzene rings is 6. The van der Waals surface area contributed by atoms with Crippen molar-refractivity contribution in [2.45, 2.75) is 6.92 Å². The fourth-order valence-corrected chi connectivity index (χ4v) is 6.48. The summed E-state index contributed by atoms with van der Waals surface area (Å²) in [5, 5.41) is 106. The van der Waals surface area contributed by atoms with Crippen molar-refractivity contribution in [1.82, 2.24) is 0 Å². The van der Waals surface area contributed by atoms with Crippen LogP contribution in [0, 0.1) is 6.92 Å². The summed E-state index contributed by atoms with van der Waals surface area (Å²) in [6.45, 7) is 1.70. The summed E-state index contributed by atoms with van der Waals surface area (Å²) in [6.07, 6.45) is 0. The predicted molar refractivity (Wildman–Crippen MR) is 233 cm³/mol. The standard InChI is InChI=1S/2C16H12O6.C15H10O6/c1-21-14-4-8(2-3-10(14)18)13-7-12(20)16-11(19)5-9(17)6-15(16)22-13;1-7-2-3-8(4-10(7)18)16-15(21)14(20)13-11(19)5-9(17)6-12(13)22-16;16-8-1-2-13-9(5-8)10(17)6-14(21-13)7-3-11(18)15(20)12(19)4-7/h2-7,17-19H,1H3;2-6,17-19,21H,1H3;1-6,16,18-20H. The van der Waals surface area contributed by atoms with Gasteiger partial charge in [-0.25, -0.2) is 0 Å². The Balaban J connectivity index is 0.000000145. The molecule has 0 amide bonds. The van der Waals surface area contributed by atoms with E-state index in [2.05, 4.69) is 0 Å². The lowest BCUT2D eigenvalue weighted by Gasteiger charge is -2.08. The average molecular weight is 887 g/mol. The van der Waals surface area contributed by atoms with E-state index in [1.54, 1.807) is 25.1 Å². The second-order valence-corrected chi connectivity index (χ2v) is 14.2. The molecule has 9 rings (SSSR count). The maximum absolute atomic E-state index is 12.2. The number of phenols is 10. The molecule has 18 nitrogen and oxygen atoms in total. The van der Waals surface area contributed by atoms with Gasteiger partial charge in [0.25, 0.3) is 0 Å². The summed E-state index contributed by atoms with van der Waals surface area (Å²) in [4.78, 5) is 36.4. The third kappa shape index (κ3) is 8.70. The van der Waals surface area contributed by atoms with Crippen molar-refractivity contribution in [2.24, 2.45) is 0 Å². The Labute approximate surface area is 362 Å². The summed E-state index contributed by atoms with van der Waals surface area (Å²) in [6, 6.07) is 22.3. The molecule has 3 heterocycles. The zero-order valence-electron chi connectivity index (χ0n) is 33.6. The number of aryl methyl sites for hydroxylation is 1. The molecule has 0 aliphatic carbocycles. The maximum Gasteiger partial charge on any atom is 0.238 e. The molecule has 0 fully saturated rings. The highest BCUT2D eigenvalue weighted by atomic mass is 16.5. The molecule has 6 aromatic carbocycles. The van der Waals surface area contributed by atoms with Crippen LogP contribution in [0.15, 0.2) is 131 Å². The van der Waals surface area contributed by atoms with Crippen molar-refractivity contribution in [1.29, 1.82) is 0 Å². The molecule has 0 spiro atoms. The Morgan fingerprint density at radius 3 is 1.65 bits per heavy atom. The van der Waals surface area contributed by atoms with Gasteiger partial charge < -0.3 is 74.2 Å². The van der Waals surface area contributed by atoms with E-state index in [9.17, 15) is 70.6 Å². The Morgan fingerprint density at radius 1 is 0.431 bits per heavy atom. The number of hydrogen-bond donors (Lipinski definition) is 11. The first-order valence-corrected chi connectivity index (χ1v) is 18.7. The fourth-order valence-electron chi connectivity index (χ4n) is 6.48. The highest BCUT2D eigenvalue weighted by molar-refractivity contribution is 5.89. The lowest BCUT2D eigenvalue weighted by atomic mass is 10.1. The maximum atomic E-state index is 12.2. The molecule has 9 aromatic rings. The lowest BCUT2D eigenvalue weighted by molar-refractivity contribution is 0.368. The van der Waals surface area contributed by atoms with Crippen LogP contribution in [0.2, 0.25) is 0 Å². The van der Waals surface area contributed by atoms with Gasteiger partial charge in [0.2, 0.25) is 11.2 Å². The van der Waals surface area contributed by atoms with Gasteiger partial charge in [0.05, 0.1) is 12.5 Å². The van der Waals surface area contributed by atoms with E-state index < -0.39 is 39.6 Å². The Hall–Kier alpha value is -9.45. The van der Waals surface area contributed by atoms with Gasteiger partial charge in [0.1, 0.15) is 73.5 Å². The molecular formula is C47H34O18. The molecule has 0 saturated carbocycles. The van der Waals surface area contributed by atoms with Crippen LogP contribution < -0.4 is 21.0 Å². The minimum absolute atomic E-state index is 0.00714. The third-order valence-electron chi connectivity index (χ3n) is 9.73. The molecule has 0 radical (unpaired) electrons. The van der Waals surface area contributed by atoms with Gasteiger partial charge in [-0.05, 0) is 67.1 Å². The highest BCUT2D eigenvalue weighted by Crippen LogP contribution is 2.40. The van der Waals surface area contributed by atoms with Gasteiger partial charge in [0.15, 0.2) is 45.4 Å². The SMILES string of the molecule is COc1cc(-c2cc(=O)c3c(O)cc(O)cc3o2)ccc1O.Cc1ccc(-c2oc3cc(O)cc(O)c3c(=O)c2O)cc1O.O=c1cc(-c2cc(O)c(O)c(O)c2)oc2ccc(O)cc12. The van der Waals surface area contributed by atoms with E-state index in [0.717, 1.165) is 18.2 Å². The zero-order valence-corrected chi connectivity index (χ0v) is 33.6. The smallest absolute Gasteiger partial charge is 0.238 e. The van der Waals surface area contributed by atoms with Gasteiger partial charge >= 0.3 is 0 Å². The molecule has 0 bridgehead atoms. The van der Waals surface area contributed by atoms with Crippen LogP contribution in [0.3, 0.4) is 0 Å². The molecule has 3 aromatic heterocycles. The third-order valence-corrected chi connectivity index (χ3v) is 9.73. The van der Waals surface area contributed by atoms with Crippen molar-refractivity contribution in [3.8, 4) is 103 Å². The van der Waals surface area contributed by atoms with Crippen LogP contribution in [-0.4, -0.2) is 63.3 Å². The second-order valence-electron chi connectivity index (χ2n) is 14.2. The second kappa shape index (κ2) is 17.1. The van der Waals surface area contributed by atoms with Crippen LogP contribution in [0.4, 0.5) is 0 Å². The van der Waals surface area contributed by atoms with Crippen LogP contribution in [0.1, 0.15) is 5.56 Å². The number of ether oxygens (including phenoxy) is 1. The van der Waals surface area contributed by atoms with Gasteiger partial charge in [-0.3, -0.25) is 14.4 Å². The molecule has 11 N–H and O–H groups in total. The van der Waals surface area contributed by atoms with Crippen molar-refractivity contribution >= 4 is 32.9 Å². The zero-order chi connectivity index (χ0) is 47.0. The van der Waals surface area contributed by atoms with Crippen LogP contribution in [0.5, 0.6) is 69.0 Å². The summed E-state index contributed by atoms with van der Waals surface area (Å²) >= 11 is 0. The Bertz CT molecular complexity index is 3510. The number of methoxy groups -OCH3 is 1. The van der Waals surface area contributed by atoms with E-state index in [1.165, 1.54) is 73.8 Å². The van der Waals surface area contributed by atoms with Crippen molar-refractivity contribution in [3.63, 3.8) is 0 Å². The van der Waals surface area contributed by atoms with Crippen LogP contribution >= 0.6 is 0 Å². The first-order valence-electron chi connectivity index (χ1n) is 18.7. The van der Waals surface area contributed by atoms with Gasteiger partial charge in [0, 0.05) is 53.1 Å². The number of phenolic OH excluding ortho intramolecular Hbond substituents is 10. The van der Waals surface area contributed by atoms with E-state index in [-0.39, 0.29) is 101 Å². The van der Waals surface area contributed by atoms with Crippen molar-refractivity contribution in [2.75, 3.05) is 7.11 Å². The minimum atomic E-state index is -0.825. The fraction of sp³-hybridized carbons (Fsp3) is 0.0426. The summed E-state index contributed by atoms with van der Waals surface area (Å²) in [5.41, 5.74) is 0.254. The molecule has 0 saturated heterocycles. The average Bonchev–Trinajstić information content (AvgIpc) is 3.25. The van der Waals surface area contributed by atoms with E-state index in [0.29, 0.717) is 16.7 Å². The topological polar surface area (TPSA) is 322 Å². The summed E-state index contributed by atoms with van der Waals surface area (Å²) in [7, 11) is 1.41. The van der Waals surface area contributed by atoms with E-state index >= 15 is 0 Å². The molecule has 0 unspecified atom stereocenters. The molecule has 0 aliphatic heterocycles. The monoisotopic (exact) mass is 886 g/mol. The van der Waals surface area contributed by atoms with Crippen molar-refractivity contribution in [3.05, 3.63) is 139 Å². The first kappa shape index (κ1) is 43.6. The largest absolute Gasteiger partial charge is 0.508 e. The molecule has 330 valence electrons. The summed E-state index contributed by atoms with van der Waals surface area (Å²) in [5.74, 6) is -3.41. The first-order chi connectivity index (χ1) is 30.8. The molecular weight excluding hydrogens is 852 g/mol. The van der Waals surface area contributed by atoms with Gasteiger partial charge in [-0.1, -0.05) is 12.1 Å². The van der Waals surface area contributed by atoms with Gasteiger partial charge in [-0.2, -0.15) is 0 Å². The molecule has 0 aliphatic rings. The number of hydrogen-bond acceptors (Lipinski definition) is 18. The minimum Gasteiger partial charge on any atom is -0.508 e. The molecule has 18 heteroatoms. The Kier molecular flexibility index (Phi) is 11.5. The van der Waals surface area contributed by atoms with Crippen LogP contribution in [0.25, 0.3) is 66.9 Å². The van der Waals surface area contributed by atoms with Crippen LogP contribution in [-0.2, 0) is 0 Å². The highest BCUT2D eigenvalue weighted by Gasteiger charge is 2.20. The molecule has 0 atom stereocenters. The summed E-state index contributed by atoms with van der Waals surface area (Å²) < 4.78 is 21.5. The normalized spacial score (nSPS) is 10.9. The van der Waals surface area contributed by atoms with E-state index in [4.69, 9.17) is 18.0 Å². The Morgan fingerprint density at radius 2 is 1.00 bits per heavy atom. The van der Waals surface area contributed by atoms with Gasteiger partial charge in [-0.15, -0.1) is 0 Å². The number of rotatable bonds is 4. The number of fused-ring (bicyclic) bond motifs is 3. The van der Waals surface area contributed by atoms with Crippen molar-refractivity contribution < 1.29 is 74.2 Å². The quantitative estimate of drug-likeness (QED) is 0.0764. The van der Waals surface area contributed by atoms with E-state index in [1.807, 2.05) is 0 Å². The molecule has 65 heavy (non-hydrogen) atoms. The predicted octanol–water partition coefficient (Wildman–Crippen LogP) is 7.46.